The van der Waals surface area contributed by atoms with E-state index in [0.29, 0.717) is 22.8 Å². The van der Waals surface area contributed by atoms with Crippen LogP contribution in [0.15, 0.2) is 59.7 Å². The topological polar surface area (TPSA) is 47.7 Å². The summed E-state index contributed by atoms with van der Waals surface area (Å²) in [7, 11) is 0. The molecule has 0 aliphatic carbocycles. The first kappa shape index (κ1) is 12.1. The third-order valence-corrected chi connectivity index (χ3v) is 2.33. The van der Waals surface area contributed by atoms with Crippen molar-refractivity contribution in [3.05, 3.63) is 59.8 Å². The normalized spacial score (nSPS) is 11.3. The van der Waals surface area contributed by atoms with Crippen molar-refractivity contribution in [2.75, 3.05) is 6.61 Å². The van der Waals surface area contributed by atoms with Crippen molar-refractivity contribution in [2.24, 2.45) is 5.11 Å². The van der Waals surface area contributed by atoms with Crippen molar-refractivity contribution in [1.82, 2.24) is 0 Å². The first-order valence-corrected chi connectivity index (χ1v) is 5.76. The molecule has 0 atom stereocenters. The third-order valence-electron chi connectivity index (χ3n) is 2.33. The van der Waals surface area contributed by atoms with Crippen LogP contribution in [0.5, 0.6) is 5.75 Å². The van der Waals surface area contributed by atoms with Crippen LogP contribution in [-0.2, 0) is 0 Å². The fourth-order valence-corrected chi connectivity index (χ4v) is 1.49. The van der Waals surface area contributed by atoms with E-state index < -0.39 is 0 Å². The number of ether oxygens (including phenoxy) is 1. The predicted molar refractivity (Wildman–Crippen MR) is 69.4 cm³/mol. The number of nitrogens with zero attached hydrogens (tertiary/aromatic N) is 2. The first-order chi connectivity index (χ1) is 8.79. The van der Waals surface area contributed by atoms with Crippen LogP contribution >= 0.6 is 0 Å². The number of rotatable bonds is 4. The summed E-state index contributed by atoms with van der Waals surface area (Å²) < 4.78 is 5.31. The Morgan fingerprint density at radius 3 is 2.33 bits per heavy atom. The summed E-state index contributed by atoms with van der Waals surface area (Å²) in [6.45, 7) is 2.52. The van der Waals surface area contributed by atoms with Gasteiger partial charge >= 0.3 is 0 Å². The molecule has 0 unspecified atom stereocenters. The van der Waals surface area contributed by atoms with E-state index in [2.05, 4.69) is 5.11 Å². The van der Waals surface area contributed by atoms with Crippen molar-refractivity contribution >= 4 is 11.4 Å². The Labute approximate surface area is 106 Å². The van der Waals surface area contributed by atoms with Crippen molar-refractivity contribution in [1.29, 1.82) is 0 Å². The molecule has 0 amide bonds. The molecule has 0 N–H and O–H groups in total. The minimum atomic E-state index is 0.474. The summed E-state index contributed by atoms with van der Waals surface area (Å²) in [5, 5.41) is 15.7. The molecule has 18 heavy (non-hydrogen) atoms. The molecule has 0 heterocycles. The van der Waals surface area contributed by atoms with Gasteiger partial charge in [0.25, 0.3) is 0 Å². The molecule has 4 heteroatoms. The van der Waals surface area contributed by atoms with Crippen LogP contribution in [0, 0.1) is 5.21 Å². The molecule has 92 valence electrons. The standard InChI is InChI=1S/C14H14N2O2/c1-2-18-14-10-8-13(9-11-14)16(17)15-12-6-4-3-5-7-12/h3-11H,2H2,1H3. The first-order valence-electron chi connectivity index (χ1n) is 5.76. The smallest absolute Gasteiger partial charge is 0.245 e. The van der Waals surface area contributed by atoms with Gasteiger partial charge in [0.1, 0.15) is 11.4 Å². The van der Waals surface area contributed by atoms with E-state index in [1.807, 2.05) is 25.1 Å². The lowest BCUT2D eigenvalue weighted by Gasteiger charge is -2.03. The maximum atomic E-state index is 11.8. The van der Waals surface area contributed by atoms with E-state index in [0.717, 1.165) is 5.75 Å². The lowest BCUT2D eigenvalue weighted by molar-refractivity contribution is -0.435. The van der Waals surface area contributed by atoms with Crippen molar-refractivity contribution < 1.29 is 9.60 Å². The predicted octanol–water partition coefficient (Wildman–Crippen LogP) is 4.01. The second kappa shape index (κ2) is 5.82. The number of benzene rings is 2. The Balaban J connectivity index is 2.18. The van der Waals surface area contributed by atoms with Gasteiger partial charge in [-0.15, -0.1) is 0 Å². The molecule has 2 aromatic carbocycles. The molecule has 0 saturated heterocycles. The van der Waals surface area contributed by atoms with Gasteiger partial charge in [-0.05, 0) is 31.2 Å². The molecule has 0 radical (unpaired) electrons. The number of hydrogen-bond acceptors (Lipinski definition) is 3. The molecular formula is C14H14N2O2. The summed E-state index contributed by atoms with van der Waals surface area (Å²) in [6, 6.07) is 16.0. The van der Waals surface area contributed by atoms with Crippen molar-refractivity contribution in [3.8, 4) is 5.75 Å². The Bertz CT molecular complexity index is 521. The lowest BCUT2D eigenvalue weighted by atomic mass is 10.3. The van der Waals surface area contributed by atoms with E-state index in [9.17, 15) is 5.21 Å². The van der Waals surface area contributed by atoms with Crippen molar-refractivity contribution in [2.45, 2.75) is 6.92 Å². The molecule has 0 spiro atoms. The molecule has 0 fully saturated rings. The van der Waals surface area contributed by atoms with Gasteiger partial charge in [0.05, 0.1) is 6.61 Å². The van der Waals surface area contributed by atoms with E-state index in [-0.39, 0.29) is 0 Å². The minimum absolute atomic E-state index is 0.474. The number of hydrogen-bond donors (Lipinski definition) is 0. The molecule has 0 bridgehead atoms. The highest BCUT2D eigenvalue weighted by Crippen LogP contribution is 2.20. The average molecular weight is 242 g/mol. The average Bonchev–Trinajstić information content (AvgIpc) is 2.41. The summed E-state index contributed by atoms with van der Waals surface area (Å²) in [5.74, 6) is 0.745. The summed E-state index contributed by atoms with van der Waals surface area (Å²) in [6.07, 6.45) is 0. The van der Waals surface area contributed by atoms with Gasteiger partial charge in [0, 0.05) is 17.2 Å². The van der Waals surface area contributed by atoms with Gasteiger partial charge in [-0.3, -0.25) is 0 Å². The van der Waals surface area contributed by atoms with Gasteiger partial charge < -0.3 is 9.94 Å². The largest absolute Gasteiger partial charge is 0.594 e. The summed E-state index contributed by atoms with van der Waals surface area (Å²) in [5.41, 5.74) is 1.10. The molecule has 0 aliphatic heterocycles. The second-order valence-electron chi connectivity index (χ2n) is 3.64. The molecule has 2 rings (SSSR count). The highest BCUT2D eigenvalue weighted by molar-refractivity contribution is 5.37. The molecule has 4 nitrogen and oxygen atoms in total. The van der Waals surface area contributed by atoms with E-state index in [1.54, 1.807) is 36.4 Å². The Kier molecular flexibility index (Phi) is 3.91. The van der Waals surface area contributed by atoms with Crippen LogP contribution in [0.25, 0.3) is 0 Å². The highest BCUT2D eigenvalue weighted by atomic mass is 16.5. The Morgan fingerprint density at radius 2 is 1.72 bits per heavy atom. The van der Waals surface area contributed by atoms with E-state index in [1.165, 1.54) is 0 Å². The van der Waals surface area contributed by atoms with Gasteiger partial charge in [0.2, 0.25) is 5.69 Å². The Hall–Kier alpha value is -2.36. The maximum Gasteiger partial charge on any atom is 0.245 e. The van der Waals surface area contributed by atoms with Crippen LogP contribution < -0.4 is 4.74 Å². The van der Waals surface area contributed by atoms with Gasteiger partial charge in [0.15, 0.2) is 0 Å². The Morgan fingerprint density at radius 1 is 1.06 bits per heavy atom. The van der Waals surface area contributed by atoms with Gasteiger partial charge in [-0.1, -0.05) is 23.1 Å². The monoisotopic (exact) mass is 242 g/mol. The van der Waals surface area contributed by atoms with E-state index >= 15 is 0 Å². The van der Waals surface area contributed by atoms with Crippen LogP contribution in [0.4, 0.5) is 11.4 Å². The van der Waals surface area contributed by atoms with Crippen LogP contribution in [-0.4, -0.2) is 11.5 Å². The zero-order valence-electron chi connectivity index (χ0n) is 10.1. The van der Waals surface area contributed by atoms with Gasteiger partial charge in [-0.2, -0.15) is 0 Å². The number of azo groups is 1. The fourth-order valence-electron chi connectivity index (χ4n) is 1.49. The summed E-state index contributed by atoms with van der Waals surface area (Å²) in [4.78, 5) is 0.602. The van der Waals surface area contributed by atoms with Crippen molar-refractivity contribution in [3.63, 3.8) is 0 Å². The molecule has 2 aromatic rings. The lowest BCUT2D eigenvalue weighted by Crippen LogP contribution is -1.93. The zero-order chi connectivity index (χ0) is 12.8. The fraction of sp³-hybridized carbons (Fsp3) is 0.143. The minimum Gasteiger partial charge on any atom is -0.594 e. The SMILES string of the molecule is CCOc1ccc([N+]([O-])=Nc2ccccc2)cc1. The van der Waals surface area contributed by atoms with Gasteiger partial charge in [-0.25, -0.2) is 0 Å². The maximum absolute atomic E-state index is 11.8. The second-order valence-corrected chi connectivity index (χ2v) is 3.64. The van der Waals surface area contributed by atoms with Crippen LogP contribution in [0.2, 0.25) is 0 Å². The summed E-state index contributed by atoms with van der Waals surface area (Å²) >= 11 is 0. The molecule has 0 saturated carbocycles. The van der Waals surface area contributed by atoms with Crippen LogP contribution in [0.3, 0.4) is 0 Å². The third kappa shape index (κ3) is 3.07. The molecule has 0 aromatic heterocycles. The van der Waals surface area contributed by atoms with E-state index in [4.69, 9.17) is 4.74 Å². The van der Waals surface area contributed by atoms with Crippen LogP contribution in [0.1, 0.15) is 6.92 Å². The molecular weight excluding hydrogens is 228 g/mol. The quantitative estimate of drug-likeness (QED) is 0.462. The zero-order valence-corrected chi connectivity index (χ0v) is 10.1. The highest BCUT2D eigenvalue weighted by Gasteiger charge is 2.04. The molecule has 0 aliphatic rings.